The number of hydrogen-bond donors (Lipinski definition) is 2. The van der Waals surface area contributed by atoms with Crippen molar-refractivity contribution in [1.29, 1.82) is 0 Å². The highest BCUT2D eigenvalue weighted by Gasteiger charge is 2.37. The lowest BCUT2D eigenvalue weighted by Gasteiger charge is -2.34. The van der Waals surface area contributed by atoms with Crippen LogP contribution >= 0.6 is 0 Å². The van der Waals surface area contributed by atoms with Gasteiger partial charge in [-0.05, 0) is 89.6 Å². The number of carbonyl (C=O) groups is 4. The zero-order valence-corrected chi connectivity index (χ0v) is 28.9. The van der Waals surface area contributed by atoms with Crippen molar-refractivity contribution in [2.45, 2.75) is 90.1 Å². The molecule has 0 spiro atoms. The van der Waals surface area contributed by atoms with E-state index < -0.39 is 47.4 Å². The van der Waals surface area contributed by atoms with Gasteiger partial charge in [-0.3, -0.25) is 14.5 Å². The molecule has 3 heterocycles. The number of aliphatic carboxylic acids is 1. The van der Waals surface area contributed by atoms with Gasteiger partial charge in [-0.25, -0.2) is 9.59 Å². The molecule has 1 aromatic heterocycles. The first-order valence-electron chi connectivity index (χ1n) is 16.6. The molecule has 51 heavy (non-hydrogen) atoms. The molecule has 2 N–H and O–H groups in total. The van der Waals surface area contributed by atoms with Crippen LogP contribution in [0.4, 0.5) is 23.7 Å². The van der Waals surface area contributed by atoms with Crippen LogP contribution in [0.3, 0.4) is 0 Å². The van der Waals surface area contributed by atoms with Crippen LogP contribution in [0.25, 0.3) is 11.4 Å². The van der Waals surface area contributed by atoms with Crippen LogP contribution in [0.15, 0.2) is 53.1 Å². The van der Waals surface area contributed by atoms with E-state index in [0.717, 1.165) is 44.7 Å². The van der Waals surface area contributed by atoms with Crippen LogP contribution in [0, 0.1) is 0 Å². The lowest BCUT2D eigenvalue weighted by Crippen LogP contribution is -2.49. The number of amides is 3. The molecule has 276 valence electrons. The Bertz CT molecular complexity index is 1680. The predicted molar refractivity (Wildman–Crippen MR) is 177 cm³/mol. The SMILES string of the molecule is CC(=O)Nc1ccc(-c2noc([C@H]3CCCCN3C(=O)COc3ccccc3)n2)cc1C(F)(F)F.CC(C)(C)OC(=O)N1CCCC[C@@H]1C(=O)O. The average Bonchev–Trinajstić information content (AvgIpc) is 3.57. The zero-order chi connectivity index (χ0) is 37.3. The summed E-state index contributed by atoms with van der Waals surface area (Å²) < 4.78 is 56.8. The smallest absolute Gasteiger partial charge is 0.418 e. The number of halogens is 3. The van der Waals surface area contributed by atoms with E-state index >= 15 is 0 Å². The summed E-state index contributed by atoms with van der Waals surface area (Å²) in [4.78, 5) is 54.1. The van der Waals surface area contributed by atoms with Gasteiger partial charge in [-0.15, -0.1) is 0 Å². The maximum absolute atomic E-state index is 13.6. The minimum atomic E-state index is -4.70. The molecule has 0 radical (unpaired) electrons. The van der Waals surface area contributed by atoms with Crippen molar-refractivity contribution >= 4 is 29.6 Å². The first-order chi connectivity index (χ1) is 24.0. The third-order valence-electron chi connectivity index (χ3n) is 7.97. The summed E-state index contributed by atoms with van der Waals surface area (Å²) in [7, 11) is 0. The number of alkyl halides is 3. The van der Waals surface area contributed by atoms with Gasteiger partial charge in [0.2, 0.25) is 17.6 Å². The molecule has 16 heteroatoms. The van der Waals surface area contributed by atoms with E-state index in [2.05, 4.69) is 15.5 Å². The minimum absolute atomic E-state index is 0.0432. The number of piperidine rings is 2. The lowest BCUT2D eigenvalue weighted by atomic mass is 10.0. The zero-order valence-electron chi connectivity index (χ0n) is 28.9. The number of para-hydroxylation sites is 1. The van der Waals surface area contributed by atoms with Crippen molar-refractivity contribution in [3.63, 3.8) is 0 Å². The van der Waals surface area contributed by atoms with E-state index in [1.54, 1.807) is 49.9 Å². The van der Waals surface area contributed by atoms with Gasteiger partial charge in [-0.1, -0.05) is 23.4 Å². The quantitative estimate of drug-likeness (QED) is 0.269. The third kappa shape index (κ3) is 10.9. The molecule has 2 aliphatic rings. The van der Waals surface area contributed by atoms with Crippen LogP contribution in [0.2, 0.25) is 0 Å². The molecule has 2 aliphatic heterocycles. The summed E-state index contributed by atoms with van der Waals surface area (Å²) in [5.74, 6) is -1.16. The first-order valence-corrected chi connectivity index (χ1v) is 16.6. The van der Waals surface area contributed by atoms with E-state index in [-0.39, 0.29) is 35.5 Å². The molecule has 0 bridgehead atoms. The number of anilines is 1. The predicted octanol–water partition coefficient (Wildman–Crippen LogP) is 6.71. The van der Waals surface area contributed by atoms with Gasteiger partial charge in [-0.2, -0.15) is 18.2 Å². The van der Waals surface area contributed by atoms with Crippen LogP contribution in [-0.2, 0) is 25.3 Å². The van der Waals surface area contributed by atoms with Crippen LogP contribution in [0.5, 0.6) is 5.75 Å². The van der Waals surface area contributed by atoms with Crippen molar-refractivity contribution in [1.82, 2.24) is 19.9 Å². The van der Waals surface area contributed by atoms with Crippen molar-refractivity contribution in [2.75, 3.05) is 25.0 Å². The van der Waals surface area contributed by atoms with Gasteiger partial charge in [0.25, 0.3) is 5.91 Å². The Balaban J connectivity index is 0.000000306. The molecule has 0 unspecified atom stereocenters. The Kier molecular flexibility index (Phi) is 12.7. The first kappa shape index (κ1) is 38.6. The number of hydrogen-bond acceptors (Lipinski definition) is 9. The number of benzene rings is 2. The van der Waals surface area contributed by atoms with Gasteiger partial charge in [0, 0.05) is 25.6 Å². The van der Waals surface area contributed by atoms with Gasteiger partial charge in [0.05, 0.1) is 11.3 Å². The van der Waals surface area contributed by atoms with E-state index in [9.17, 15) is 32.3 Å². The minimum Gasteiger partial charge on any atom is -0.484 e. The topological polar surface area (TPSA) is 164 Å². The van der Waals surface area contributed by atoms with Crippen molar-refractivity contribution < 1.29 is 51.5 Å². The molecular formula is C35H42F3N5O8. The molecule has 2 atom stereocenters. The Morgan fingerprint density at radius 2 is 1.63 bits per heavy atom. The van der Waals surface area contributed by atoms with E-state index in [0.29, 0.717) is 31.7 Å². The highest BCUT2D eigenvalue weighted by atomic mass is 19.4. The summed E-state index contributed by atoms with van der Waals surface area (Å²) in [6.45, 7) is 7.21. The fourth-order valence-electron chi connectivity index (χ4n) is 5.66. The standard InChI is InChI=1S/C24H23F3N4O4.C11H19NO4/c1-15(32)28-19-11-10-16(13-18(19)24(25,26)27)22-29-23(35-30-22)20-9-5-6-12-31(20)21(33)14-34-17-7-3-2-4-8-17;1-11(2,3)16-10(15)12-7-5-4-6-8(12)9(13)14/h2-4,7-8,10-11,13,20H,5-6,9,12,14H2,1H3,(H,28,32);8H,4-7H2,1-3H3,(H,13,14)/t20-;8-/m11/s1. The van der Waals surface area contributed by atoms with Crippen LogP contribution < -0.4 is 10.1 Å². The van der Waals surface area contributed by atoms with Crippen LogP contribution in [-0.4, -0.2) is 80.3 Å². The molecule has 2 saturated heterocycles. The second-order valence-corrected chi connectivity index (χ2v) is 13.1. The summed E-state index contributed by atoms with van der Waals surface area (Å²) in [5.41, 5.74) is -1.90. The molecule has 5 rings (SSSR count). The molecule has 0 saturated carbocycles. The number of nitrogens with one attached hydrogen (secondary N) is 1. The Labute approximate surface area is 293 Å². The van der Waals surface area contributed by atoms with E-state index in [1.165, 1.54) is 11.0 Å². The summed E-state index contributed by atoms with van der Waals surface area (Å²) in [6.07, 6.45) is -0.837. The van der Waals surface area contributed by atoms with Gasteiger partial charge in [0.15, 0.2) is 6.61 Å². The number of ether oxygens (including phenoxy) is 2. The van der Waals surface area contributed by atoms with E-state index in [1.807, 2.05) is 6.07 Å². The summed E-state index contributed by atoms with van der Waals surface area (Å²) in [6, 6.07) is 11.1. The third-order valence-corrected chi connectivity index (χ3v) is 7.97. The van der Waals surface area contributed by atoms with Gasteiger partial charge < -0.3 is 29.3 Å². The molecular weight excluding hydrogens is 675 g/mol. The van der Waals surface area contributed by atoms with Crippen molar-refractivity contribution in [3.05, 3.63) is 60.0 Å². The molecule has 2 aromatic carbocycles. The number of nitrogens with zero attached hydrogens (tertiary/aromatic N) is 4. The average molecular weight is 718 g/mol. The summed E-state index contributed by atoms with van der Waals surface area (Å²) in [5, 5.41) is 15.0. The second kappa shape index (κ2) is 16.7. The number of aromatic nitrogens is 2. The molecule has 3 aromatic rings. The number of carboxylic acid groups (broad SMARTS) is 1. The maximum Gasteiger partial charge on any atom is 0.418 e. The number of carbonyl (C=O) groups excluding carboxylic acids is 3. The lowest BCUT2D eigenvalue weighted by molar-refractivity contribution is -0.144. The number of carboxylic acids is 1. The molecule has 2 fully saturated rings. The second-order valence-electron chi connectivity index (χ2n) is 13.1. The largest absolute Gasteiger partial charge is 0.484 e. The van der Waals surface area contributed by atoms with Gasteiger partial charge in [0.1, 0.15) is 23.4 Å². The Morgan fingerprint density at radius 1 is 0.961 bits per heavy atom. The highest BCUT2D eigenvalue weighted by molar-refractivity contribution is 5.90. The van der Waals surface area contributed by atoms with Crippen molar-refractivity contribution in [3.8, 4) is 17.1 Å². The Morgan fingerprint density at radius 3 is 2.25 bits per heavy atom. The highest BCUT2D eigenvalue weighted by Crippen LogP contribution is 2.38. The molecule has 3 amide bonds. The van der Waals surface area contributed by atoms with E-state index in [4.69, 9.17) is 19.1 Å². The fraction of sp³-hybridized carbons (Fsp3) is 0.486. The fourth-order valence-corrected chi connectivity index (χ4v) is 5.66. The Hall–Kier alpha value is -5.15. The summed E-state index contributed by atoms with van der Waals surface area (Å²) >= 11 is 0. The normalized spacial score (nSPS) is 17.9. The molecule has 0 aliphatic carbocycles. The maximum atomic E-state index is 13.6. The molecule has 13 nitrogen and oxygen atoms in total. The number of rotatable bonds is 7. The number of likely N-dealkylation sites (tertiary alicyclic amines) is 2. The van der Waals surface area contributed by atoms with Gasteiger partial charge >= 0.3 is 18.2 Å². The van der Waals surface area contributed by atoms with Crippen LogP contribution in [0.1, 0.15) is 83.7 Å². The monoisotopic (exact) mass is 717 g/mol. The van der Waals surface area contributed by atoms with Crippen molar-refractivity contribution in [2.24, 2.45) is 0 Å².